The fourth-order valence-electron chi connectivity index (χ4n) is 1.70. The highest BCUT2D eigenvalue weighted by atomic mass is 79.9. The monoisotopic (exact) mass is 299 g/mol. The molecule has 0 aliphatic heterocycles. The third-order valence-corrected chi connectivity index (χ3v) is 3.10. The molecule has 2 aromatic carbocycles. The average molecular weight is 300 g/mol. The first-order valence-electron chi connectivity index (χ1n) is 5.56. The van der Waals surface area contributed by atoms with E-state index in [9.17, 15) is 0 Å². The molecule has 0 aliphatic carbocycles. The van der Waals surface area contributed by atoms with Crippen molar-refractivity contribution >= 4 is 38.9 Å². The molecule has 1 heterocycles. The molecule has 0 unspecified atom stereocenters. The predicted octanol–water partition coefficient (Wildman–Crippen LogP) is 4.08. The van der Waals surface area contributed by atoms with E-state index in [4.69, 9.17) is 0 Å². The van der Waals surface area contributed by atoms with E-state index >= 15 is 0 Å². The van der Waals surface area contributed by atoms with Crippen LogP contribution in [-0.2, 0) is 0 Å². The molecule has 0 bridgehead atoms. The summed E-state index contributed by atoms with van der Waals surface area (Å²) in [6.45, 7) is 0. The number of aliphatic imine (C=N–C) groups is 1. The minimum absolute atomic E-state index is 0.763. The van der Waals surface area contributed by atoms with Gasteiger partial charge in [-0.2, -0.15) is 0 Å². The van der Waals surface area contributed by atoms with Crippen molar-refractivity contribution in [2.45, 2.75) is 0 Å². The Morgan fingerprint density at radius 3 is 2.61 bits per heavy atom. The highest BCUT2D eigenvalue weighted by molar-refractivity contribution is 9.10. The second-order valence-corrected chi connectivity index (χ2v) is 4.79. The molecule has 1 aromatic heterocycles. The van der Waals surface area contributed by atoms with Crippen LogP contribution in [0, 0.1) is 0 Å². The maximum atomic E-state index is 4.43. The summed E-state index contributed by atoms with van der Waals surface area (Å²) in [5.41, 5.74) is 2.88. The van der Waals surface area contributed by atoms with Crippen LogP contribution in [0.1, 0.15) is 5.82 Å². The van der Waals surface area contributed by atoms with Crippen LogP contribution in [-0.4, -0.2) is 16.2 Å². The summed E-state index contributed by atoms with van der Waals surface area (Å²) in [7, 11) is 0. The van der Waals surface area contributed by atoms with Crippen molar-refractivity contribution < 1.29 is 0 Å². The van der Waals surface area contributed by atoms with Crippen LogP contribution in [0.25, 0.3) is 11.0 Å². The van der Waals surface area contributed by atoms with Gasteiger partial charge in [0.1, 0.15) is 5.82 Å². The van der Waals surface area contributed by atoms with Gasteiger partial charge in [0.2, 0.25) is 0 Å². The molecule has 1 N–H and O–H groups in total. The van der Waals surface area contributed by atoms with Gasteiger partial charge in [0.25, 0.3) is 0 Å². The van der Waals surface area contributed by atoms with Crippen molar-refractivity contribution in [3.05, 3.63) is 58.8 Å². The van der Waals surface area contributed by atoms with Gasteiger partial charge in [0.05, 0.1) is 22.9 Å². The maximum absolute atomic E-state index is 4.43. The number of benzene rings is 2. The highest BCUT2D eigenvalue weighted by Gasteiger charge is 1.98. The van der Waals surface area contributed by atoms with Crippen molar-refractivity contribution in [1.29, 1.82) is 0 Å². The Balaban J connectivity index is 1.89. The van der Waals surface area contributed by atoms with Gasteiger partial charge in [-0.3, -0.25) is 4.99 Å². The van der Waals surface area contributed by atoms with Crippen molar-refractivity contribution in [2.75, 3.05) is 0 Å². The van der Waals surface area contributed by atoms with E-state index < -0.39 is 0 Å². The summed E-state index contributed by atoms with van der Waals surface area (Å²) >= 11 is 3.39. The molecule has 0 fully saturated rings. The van der Waals surface area contributed by atoms with Crippen LogP contribution in [0.2, 0.25) is 0 Å². The number of nitrogens with one attached hydrogen (secondary N) is 1. The summed E-state index contributed by atoms with van der Waals surface area (Å²) in [5, 5.41) is 0. The lowest BCUT2D eigenvalue weighted by Gasteiger charge is -1.92. The van der Waals surface area contributed by atoms with Crippen molar-refractivity contribution in [3.8, 4) is 0 Å². The molecule has 0 aliphatic rings. The number of rotatable bonds is 2. The van der Waals surface area contributed by atoms with Crippen LogP contribution in [0.5, 0.6) is 0 Å². The number of hydrogen-bond donors (Lipinski definition) is 1. The number of aromatic amines is 1. The number of hydrogen-bond acceptors (Lipinski definition) is 2. The predicted molar refractivity (Wildman–Crippen MR) is 77.5 cm³/mol. The number of imidazole rings is 1. The normalized spacial score (nSPS) is 11.4. The molecule has 0 atom stereocenters. The molecule has 18 heavy (non-hydrogen) atoms. The minimum atomic E-state index is 0.763. The van der Waals surface area contributed by atoms with Gasteiger partial charge in [-0.1, -0.05) is 28.1 Å². The zero-order valence-electron chi connectivity index (χ0n) is 9.47. The second-order valence-electron chi connectivity index (χ2n) is 3.87. The van der Waals surface area contributed by atoms with E-state index in [2.05, 4.69) is 30.9 Å². The third kappa shape index (κ3) is 2.33. The van der Waals surface area contributed by atoms with Crippen LogP contribution >= 0.6 is 15.9 Å². The second kappa shape index (κ2) is 4.74. The average Bonchev–Trinajstić information content (AvgIpc) is 2.81. The smallest absolute Gasteiger partial charge is 0.149 e. The van der Waals surface area contributed by atoms with E-state index in [0.29, 0.717) is 0 Å². The summed E-state index contributed by atoms with van der Waals surface area (Å²) in [5.74, 6) is 0.763. The summed E-state index contributed by atoms with van der Waals surface area (Å²) < 4.78 is 1.05. The molecule has 3 rings (SSSR count). The fourth-order valence-corrected chi connectivity index (χ4v) is 1.96. The van der Waals surface area contributed by atoms with E-state index in [-0.39, 0.29) is 0 Å². The number of fused-ring (bicyclic) bond motifs is 1. The lowest BCUT2D eigenvalue weighted by molar-refractivity contribution is 1.30. The maximum Gasteiger partial charge on any atom is 0.149 e. The van der Waals surface area contributed by atoms with Gasteiger partial charge in [0.15, 0.2) is 0 Å². The molecule has 4 heteroatoms. The molecule has 3 nitrogen and oxygen atoms in total. The lowest BCUT2D eigenvalue weighted by Crippen LogP contribution is -1.82. The summed E-state index contributed by atoms with van der Waals surface area (Å²) in [6.07, 6.45) is 1.74. The summed E-state index contributed by atoms with van der Waals surface area (Å²) in [6, 6.07) is 15.8. The first-order valence-corrected chi connectivity index (χ1v) is 6.35. The van der Waals surface area contributed by atoms with E-state index in [0.717, 1.165) is 27.0 Å². The molecular formula is C14H10BrN3. The van der Waals surface area contributed by atoms with Gasteiger partial charge in [-0.15, -0.1) is 0 Å². The Kier molecular flexibility index (Phi) is 2.94. The zero-order chi connectivity index (χ0) is 12.4. The van der Waals surface area contributed by atoms with Gasteiger partial charge in [0, 0.05) is 4.47 Å². The number of halogens is 1. The topological polar surface area (TPSA) is 41.0 Å². The van der Waals surface area contributed by atoms with Gasteiger partial charge >= 0.3 is 0 Å². The molecular weight excluding hydrogens is 290 g/mol. The van der Waals surface area contributed by atoms with Gasteiger partial charge < -0.3 is 4.98 Å². The highest BCUT2D eigenvalue weighted by Crippen LogP contribution is 2.16. The Hall–Kier alpha value is -1.94. The lowest BCUT2D eigenvalue weighted by atomic mass is 10.3. The molecule has 0 spiro atoms. The van der Waals surface area contributed by atoms with Crippen LogP contribution in [0.15, 0.2) is 58.0 Å². The largest absolute Gasteiger partial charge is 0.337 e. The molecule has 88 valence electrons. The van der Waals surface area contributed by atoms with Gasteiger partial charge in [-0.05, 0) is 36.4 Å². The van der Waals surface area contributed by atoms with Crippen molar-refractivity contribution in [1.82, 2.24) is 9.97 Å². The number of para-hydroxylation sites is 2. The van der Waals surface area contributed by atoms with Crippen LogP contribution in [0.3, 0.4) is 0 Å². The van der Waals surface area contributed by atoms with Crippen LogP contribution in [0.4, 0.5) is 5.69 Å². The van der Waals surface area contributed by atoms with E-state index in [1.165, 1.54) is 0 Å². The number of H-pyrrole nitrogens is 1. The SMILES string of the molecule is Brc1ccc(N=Cc2nc3ccccc3[nH]2)cc1. The minimum Gasteiger partial charge on any atom is -0.337 e. The third-order valence-electron chi connectivity index (χ3n) is 2.57. The van der Waals surface area contributed by atoms with E-state index in [1.807, 2.05) is 48.5 Å². The van der Waals surface area contributed by atoms with Crippen LogP contribution < -0.4 is 0 Å². The van der Waals surface area contributed by atoms with Crippen molar-refractivity contribution in [2.24, 2.45) is 4.99 Å². The summed E-state index contributed by atoms with van der Waals surface area (Å²) in [4.78, 5) is 12.0. The first kappa shape index (κ1) is 11.2. The molecule has 0 radical (unpaired) electrons. The molecule has 0 amide bonds. The Labute approximate surface area is 113 Å². The zero-order valence-corrected chi connectivity index (χ0v) is 11.1. The number of aromatic nitrogens is 2. The molecule has 0 saturated carbocycles. The Bertz CT molecular complexity index is 665. The fraction of sp³-hybridized carbons (Fsp3) is 0. The van der Waals surface area contributed by atoms with Gasteiger partial charge in [-0.25, -0.2) is 4.98 Å². The quantitative estimate of drug-likeness (QED) is 0.712. The molecule has 0 saturated heterocycles. The van der Waals surface area contributed by atoms with E-state index in [1.54, 1.807) is 6.21 Å². The first-order chi connectivity index (χ1) is 8.81. The Morgan fingerprint density at radius 1 is 1.06 bits per heavy atom. The molecule has 3 aromatic rings. The van der Waals surface area contributed by atoms with Crippen molar-refractivity contribution in [3.63, 3.8) is 0 Å². The Morgan fingerprint density at radius 2 is 1.83 bits per heavy atom. The number of nitrogens with zero attached hydrogens (tertiary/aromatic N) is 2. The standard InChI is InChI=1S/C14H10BrN3/c15-10-5-7-11(8-6-10)16-9-14-17-12-3-1-2-4-13(12)18-14/h1-9H,(H,17,18).